The van der Waals surface area contributed by atoms with E-state index in [1.54, 1.807) is 0 Å². The van der Waals surface area contributed by atoms with Gasteiger partial charge in [0.05, 0.1) is 0 Å². The van der Waals surface area contributed by atoms with Gasteiger partial charge in [0.15, 0.2) is 0 Å². The van der Waals surface area contributed by atoms with Gasteiger partial charge in [0.1, 0.15) is 0 Å². The van der Waals surface area contributed by atoms with E-state index in [0.717, 1.165) is 0 Å². The van der Waals surface area contributed by atoms with Gasteiger partial charge in [0.2, 0.25) is 0 Å². The average molecular weight is 719 g/mol. The van der Waals surface area contributed by atoms with Gasteiger partial charge in [0, 0.05) is 39.6 Å². The molecule has 0 spiro atoms. The van der Waals surface area contributed by atoms with Gasteiger partial charge in [-0.3, -0.25) is 0 Å². The zero-order chi connectivity index (χ0) is 28.8. The fraction of sp³-hybridized carbons (Fsp3) is 0.158. The number of hydrogen-bond donors (Lipinski definition) is 0. The van der Waals surface area contributed by atoms with E-state index in [0.29, 0.717) is 0 Å². The van der Waals surface area contributed by atoms with Crippen LogP contribution in [0.1, 0.15) is 11.1 Å². The Morgan fingerprint density at radius 2 is 0.841 bits per heavy atom. The first-order chi connectivity index (χ1) is 19.3. The minimum atomic E-state index is 0. The third-order valence-electron chi connectivity index (χ3n) is 7.18. The summed E-state index contributed by atoms with van der Waals surface area (Å²) in [6.07, 6.45) is 0. The van der Waals surface area contributed by atoms with E-state index in [1.807, 2.05) is 0 Å². The van der Waals surface area contributed by atoms with Crippen molar-refractivity contribution >= 4 is 64.6 Å². The maximum atomic E-state index is 3.06. The summed E-state index contributed by atoms with van der Waals surface area (Å²) in [5, 5.41) is 5.34. The van der Waals surface area contributed by atoms with Crippen LogP contribution in [0.4, 0.5) is 11.4 Å². The van der Waals surface area contributed by atoms with Crippen molar-refractivity contribution in [3.8, 4) is 22.3 Å². The molecule has 6 heteroatoms. The molecule has 0 aliphatic rings. The van der Waals surface area contributed by atoms with E-state index in [-0.39, 0.29) is 39.7 Å². The van der Waals surface area contributed by atoms with Crippen LogP contribution in [0.15, 0.2) is 109 Å². The van der Waals surface area contributed by atoms with Gasteiger partial charge in [-0.25, -0.2) is 0 Å². The molecule has 2 nitrogen and oxygen atoms in total. The van der Waals surface area contributed by atoms with E-state index < -0.39 is 0 Å². The first kappa shape index (κ1) is 41.4. The molecule has 0 atom stereocenters. The second-order valence-electron chi connectivity index (χ2n) is 10.6. The number of halogens is 2. The summed E-state index contributed by atoms with van der Waals surface area (Å²) in [4.78, 5) is 4.24. The van der Waals surface area contributed by atoms with Crippen molar-refractivity contribution in [3.05, 3.63) is 135 Å². The molecular weight excluding hydrogens is 675 g/mol. The summed E-state index contributed by atoms with van der Waals surface area (Å²) in [6.45, 7) is 7.37. The fourth-order valence-electron chi connectivity index (χ4n) is 5.15. The van der Waals surface area contributed by atoms with Gasteiger partial charge in [-0.1, -0.05) is 61.4 Å². The zero-order valence-electron chi connectivity index (χ0n) is 27.1. The molecular formula is C38H44Cl2N2SiZr-4. The number of rotatable bonds is 4. The van der Waals surface area contributed by atoms with Crippen LogP contribution in [0.25, 0.3) is 43.8 Å². The predicted molar refractivity (Wildman–Crippen MR) is 201 cm³/mol. The first-order valence-corrected chi connectivity index (χ1v) is 17.6. The van der Waals surface area contributed by atoms with Crippen LogP contribution in [-0.2, 0) is 23.3 Å². The normalized spacial score (nSPS) is 9.48. The van der Waals surface area contributed by atoms with Gasteiger partial charge in [-0.15, -0.1) is 93.9 Å². The number of nitrogens with zero attached hydrogens (tertiary/aromatic N) is 2. The van der Waals surface area contributed by atoms with Crippen molar-refractivity contribution < 1.29 is 23.3 Å². The minimum absolute atomic E-state index is 0. The molecule has 0 fully saturated rings. The quantitative estimate of drug-likeness (QED) is 0.132. The third kappa shape index (κ3) is 9.69. The number of anilines is 2. The topological polar surface area (TPSA) is 6.48 Å². The van der Waals surface area contributed by atoms with E-state index in [1.165, 1.54) is 89.6 Å². The van der Waals surface area contributed by atoms with E-state index in [2.05, 4.69) is 168 Å². The van der Waals surface area contributed by atoms with E-state index in [4.69, 9.17) is 0 Å². The van der Waals surface area contributed by atoms with Crippen LogP contribution in [0, 0.1) is 28.7 Å². The van der Waals surface area contributed by atoms with E-state index in [9.17, 15) is 0 Å². The molecule has 0 unspecified atom stereocenters. The first-order valence-electron chi connectivity index (χ1n) is 13.4. The molecule has 2 radical (unpaired) electrons. The molecule has 6 aromatic rings. The van der Waals surface area contributed by atoms with Gasteiger partial charge in [-0.2, -0.15) is 12.1 Å². The number of fused-ring (bicyclic) bond motifs is 2. The molecule has 0 N–H and O–H groups in total. The molecule has 0 aliphatic carbocycles. The summed E-state index contributed by atoms with van der Waals surface area (Å²) in [5.41, 5.74) is 10.3. The van der Waals surface area contributed by atoms with Crippen LogP contribution in [-0.4, -0.2) is 35.1 Å². The fourth-order valence-corrected chi connectivity index (χ4v) is 5.15. The van der Waals surface area contributed by atoms with Crippen molar-refractivity contribution in [2.75, 3.05) is 38.0 Å². The summed E-state index contributed by atoms with van der Waals surface area (Å²) in [5.74, 6) is 0. The van der Waals surface area contributed by atoms with Gasteiger partial charge in [0.25, 0.3) is 0 Å². The number of hydrogen-bond acceptors (Lipinski definition) is 2. The average Bonchev–Trinajstić information content (AvgIpc) is 3.55. The third-order valence-corrected chi connectivity index (χ3v) is 7.18. The molecule has 0 amide bonds. The van der Waals surface area contributed by atoms with Gasteiger partial charge < -0.3 is 24.7 Å². The van der Waals surface area contributed by atoms with Crippen LogP contribution in [0.5, 0.6) is 0 Å². The summed E-state index contributed by atoms with van der Waals surface area (Å²) >= 11 is 1.36. The van der Waals surface area contributed by atoms with Crippen molar-refractivity contribution in [2.45, 2.75) is 13.8 Å². The van der Waals surface area contributed by atoms with Gasteiger partial charge >= 0.3 is 30.2 Å². The van der Waals surface area contributed by atoms with E-state index >= 15 is 0 Å². The predicted octanol–water partition coefficient (Wildman–Crippen LogP) is 10.6. The molecule has 44 heavy (non-hydrogen) atoms. The molecule has 6 aromatic carbocycles. The SMILES string of the molecule is Cc1cc2c(-c3ccc(N(C)C)cc3)cccc2[cH-]1.Cc1cc2c(-c3ccc(N(C)C)cc3)cccc2[cH-]1.Cl.Cl.[CH3-].[CH3-].[Si]=[Zr]. The summed E-state index contributed by atoms with van der Waals surface area (Å²) in [7, 11) is 8.26. The molecule has 0 heterocycles. The monoisotopic (exact) mass is 716 g/mol. The molecule has 232 valence electrons. The summed E-state index contributed by atoms with van der Waals surface area (Å²) in [6, 6.07) is 39.5. The Hall–Kier alpha value is -2.62. The second kappa shape index (κ2) is 19.0. The molecule has 0 saturated carbocycles. The number of benzene rings is 4. The molecule has 0 saturated heterocycles. The zero-order valence-corrected chi connectivity index (χ0v) is 32.2. The number of aryl methyl sites for hydroxylation is 2. The molecule has 0 bridgehead atoms. The summed E-state index contributed by atoms with van der Waals surface area (Å²) < 4.78 is 0. The Bertz CT molecular complexity index is 1570. The Labute approximate surface area is 295 Å². The van der Waals surface area contributed by atoms with Crippen molar-refractivity contribution in [2.24, 2.45) is 0 Å². The Balaban J connectivity index is 0.000000733. The molecule has 0 aromatic heterocycles. The van der Waals surface area contributed by atoms with Crippen molar-refractivity contribution in [1.29, 1.82) is 0 Å². The van der Waals surface area contributed by atoms with Crippen LogP contribution < -0.4 is 9.80 Å². The Morgan fingerprint density at radius 3 is 1.14 bits per heavy atom. The van der Waals surface area contributed by atoms with Crippen LogP contribution >= 0.6 is 24.8 Å². The second-order valence-corrected chi connectivity index (χ2v) is 10.6. The Morgan fingerprint density at radius 1 is 0.523 bits per heavy atom. The molecule has 0 aliphatic heterocycles. The van der Waals surface area contributed by atoms with Crippen molar-refractivity contribution in [1.82, 2.24) is 0 Å². The maximum absolute atomic E-state index is 3.06. The van der Waals surface area contributed by atoms with Crippen molar-refractivity contribution in [3.63, 3.8) is 0 Å². The Kier molecular flexibility index (Phi) is 17.9. The van der Waals surface area contributed by atoms with Gasteiger partial charge in [-0.05, 0) is 35.4 Å². The van der Waals surface area contributed by atoms with Crippen LogP contribution in [0.2, 0.25) is 0 Å². The molecule has 6 rings (SSSR count). The standard InChI is InChI=1S/2C18H18N.2CH3.2ClH.Si.Zr/c2*1-13-11-15-5-4-6-17(18(15)12-13)14-7-9-16(10-8-14)19(2)3;;;;;;/h2*4-12H,1-3H3;2*1H3;2*1H;;/q4*-1;;;;. The van der Waals surface area contributed by atoms with Crippen LogP contribution in [0.3, 0.4) is 0 Å².